The van der Waals surface area contributed by atoms with Gasteiger partial charge in [-0.1, -0.05) is 12.1 Å². The maximum Gasteiger partial charge on any atom is 0.416 e. The summed E-state index contributed by atoms with van der Waals surface area (Å²) < 4.78 is 40.3. The summed E-state index contributed by atoms with van der Waals surface area (Å²) in [6.07, 6.45) is 0.164. The Hall–Kier alpha value is -1.86. The van der Waals surface area contributed by atoms with E-state index in [4.69, 9.17) is 0 Å². The third kappa shape index (κ3) is 3.62. The molecule has 0 aliphatic carbocycles. The van der Waals surface area contributed by atoms with Crippen LogP contribution in [0.5, 0.6) is 0 Å². The predicted molar refractivity (Wildman–Crippen MR) is 83.1 cm³/mol. The van der Waals surface area contributed by atoms with E-state index in [0.717, 1.165) is 24.2 Å². The first-order chi connectivity index (χ1) is 11.3. The Kier molecular flexibility index (Phi) is 4.40. The molecule has 24 heavy (non-hydrogen) atoms. The molecule has 2 heterocycles. The van der Waals surface area contributed by atoms with E-state index in [2.05, 4.69) is 10.00 Å². The summed E-state index contributed by atoms with van der Waals surface area (Å²) in [5, 5.41) is 14.9. The van der Waals surface area contributed by atoms with Crippen molar-refractivity contribution in [2.45, 2.75) is 31.2 Å². The van der Waals surface area contributed by atoms with Crippen LogP contribution in [0.15, 0.2) is 36.7 Å². The molecule has 1 saturated heterocycles. The lowest BCUT2D eigenvalue weighted by atomic mass is 9.83. The van der Waals surface area contributed by atoms with E-state index in [9.17, 15) is 18.3 Å². The van der Waals surface area contributed by atoms with E-state index in [1.165, 1.54) is 6.07 Å². The van der Waals surface area contributed by atoms with Crippen LogP contribution in [0, 0.1) is 0 Å². The van der Waals surface area contributed by atoms with Crippen molar-refractivity contribution in [2.24, 2.45) is 7.05 Å². The van der Waals surface area contributed by atoms with Crippen LogP contribution in [0.1, 0.15) is 29.5 Å². The third-order valence-electron chi connectivity index (χ3n) is 4.58. The van der Waals surface area contributed by atoms with E-state index in [1.807, 2.05) is 13.2 Å². The molecule has 2 aromatic rings. The quantitative estimate of drug-likeness (QED) is 0.935. The van der Waals surface area contributed by atoms with Crippen LogP contribution < -0.4 is 0 Å². The maximum atomic E-state index is 12.9. The normalized spacial score (nSPS) is 18.7. The molecule has 3 rings (SSSR count). The Labute approximate surface area is 138 Å². The minimum Gasteiger partial charge on any atom is -0.385 e. The van der Waals surface area contributed by atoms with Gasteiger partial charge in [0.25, 0.3) is 0 Å². The van der Waals surface area contributed by atoms with Gasteiger partial charge in [-0.25, -0.2) is 0 Å². The summed E-state index contributed by atoms with van der Waals surface area (Å²) in [7, 11) is 1.85. The second-order valence-corrected chi connectivity index (χ2v) is 6.41. The molecule has 0 unspecified atom stereocenters. The van der Waals surface area contributed by atoms with Gasteiger partial charge in [0.05, 0.1) is 17.4 Å². The van der Waals surface area contributed by atoms with Gasteiger partial charge in [0, 0.05) is 38.4 Å². The van der Waals surface area contributed by atoms with Gasteiger partial charge in [0.2, 0.25) is 0 Å². The zero-order valence-corrected chi connectivity index (χ0v) is 13.4. The van der Waals surface area contributed by atoms with Crippen LogP contribution in [-0.2, 0) is 25.4 Å². The Bertz CT molecular complexity index is 703. The lowest BCUT2D eigenvalue weighted by Gasteiger charge is -2.38. The van der Waals surface area contributed by atoms with Crippen molar-refractivity contribution in [3.8, 4) is 0 Å². The standard InChI is InChI=1S/C17H20F3N3O/c1-22-11-13(10-21-22)12-23-7-5-16(24,6-8-23)14-3-2-4-15(9-14)17(18,19)20/h2-4,9-11,24H,5-8,12H2,1H3. The molecule has 0 atom stereocenters. The van der Waals surface area contributed by atoms with Crippen molar-refractivity contribution < 1.29 is 18.3 Å². The smallest absolute Gasteiger partial charge is 0.385 e. The molecule has 1 aromatic heterocycles. The van der Waals surface area contributed by atoms with Crippen LogP contribution in [0.2, 0.25) is 0 Å². The second kappa shape index (κ2) is 6.22. The average Bonchev–Trinajstić information content (AvgIpc) is 2.94. The Balaban J connectivity index is 1.68. The number of nitrogens with zero attached hydrogens (tertiary/aromatic N) is 3. The number of aryl methyl sites for hydroxylation is 1. The molecule has 4 nitrogen and oxygen atoms in total. The van der Waals surface area contributed by atoms with Gasteiger partial charge in [-0.2, -0.15) is 18.3 Å². The van der Waals surface area contributed by atoms with Crippen molar-refractivity contribution in [1.82, 2.24) is 14.7 Å². The molecule has 1 fully saturated rings. The number of hydrogen-bond acceptors (Lipinski definition) is 3. The molecule has 1 N–H and O–H groups in total. The maximum absolute atomic E-state index is 12.9. The number of rotatable bonds is 3. The fourth-order valence-corrected chi connectivity index (χ4v) is 3.17. The van der Waals surface area contributed by atoms with Crippen molar-refractivity contribution in [2.75, 3.05) is 13.1 Å². The molecule has 130 valence electrons. The molecule has 0 saturated carbocycles. The SMILES string of the molecule is Cn1cc(CN2CCC(O)(c3cccc(C(F)(F)F)c3)CC2)cn1. The summed E-state index contributed by atoms with van der Waals surface area (Å²) in [4.78, 5) is 2.18. The number of likely N-dealkylation sites (tertiary alicyclic amines) is 1. The first-order valence-corrected chi connectivity index (χ1v) is 7.86. The number of aromatic nitrogens is 2. The third-order valence-corrected chi connectivity index (χ3v) is 4.58. The molecule has 1 aromatic carbocycles. The number of alkyl halides is 3. The molecular formula is C17H20F3N3O. The van der Waals surface area contributed by atoms with Crippen LogP contribution in [0.4, 0.5) is 13.2 Å². The van der Waals surface area contributed by atoms with E-state index in [-0.39, 0.29) is 0 Å². The Morgan fingerprint density at radius 1 is 1.25 bits per heavy atom. The van der Waals surface area contributed by atoms with E-state index < -0.39 is 17.3 Å². The highest BCUT2D eigenvalue weighted by Crippen LogP contribution is 2.36. The van der Waals surface area contributed by atoms with E-state index >= 15 is 0 Å². The van der Waals surface area contributed by atoms with Gasteiger partial charge in [-0.15, -0.1) is 0 Å². The summed E-state index contributed by atoms with van der Waals surface area (Å²) in [6.45, 7) is 1.98. The number of aliphatic hydroxyl groups is 1. The minimum atomic E-state index is -4.40. The van der Waals surface area contributed by atoms with Crippen LogP contribution in [0.25, 0.3) is 0 Å². The van der Waals surface area contributed by atoms with Crippen LogP contribution in [-0.4, -0.2) is 32.9 Å². The largest absolute Gasteiger partial charge is 0.416 e. The highest BCUT2D eigenvalue weighted by molar-refractivity contribution is 5.30. The molecule has 1 aliphatic rings. The molecule has 0 amide bonds. The lowest BCUT2D eigenvalue weighted by Crippen LogP contribution is -2.42. The van der Waals surface area contributed by atoms with Gasteiger partial charge >= 0.3 is 6.18 Å². The van der Waals surface area contributed by atoms with Crippen molar-refractivity contribution in [1.29, 1.82) is 0 Å². The summed E-state index contributed by atoms with van der Waals surface area (Å²) >= 11 is 0. The van der Waals surface area contributed by atoms with Crippen molar-refractivity contribution in [3.05, 3.63) is 53.3 Å². The van der Waals surface area contributed by atoms with E-state index in [0.29, 0.717) is 31.5 Å². The molecular weight excluding hydrogens is 319 g/mol. The predicted octanol–water partition coefficient (Wildman–Crippen LogP) is 2.92. The topological polar surface area (TPSA) is 41.3 Å². The fourth-order valence-electron chi connectivity index (χ4n) is 3.17. The van der Waals surface area contributed by atoms with Crippen LogP contribution in [0.3, 0.4) is 0 Å². The molecule has 0 bridgehead atoms. The number of benzene rings is 1. The summed E-state index contributed by atoms with van der Waals surface area (Å²) in [5.74, 6) is 0. The van der Waals surface area contributed by atoms with Gasteiger partial charge in [-0.3, -0.25) is 9.58 Å². The van der Waals surface area contributed by atoms with Gasteiger partial charge in [0.1, 0.15) is 0 Å². The molecule has 1 aliphatic heterocycles. The number of halogens is 3. The second-order valence-electron chi connectivity index (χ2n) is 6.41. The first kappa shape index (κ1) is 17.0. The molecule has 7 heteroatoms. The first-order valence-electron chi connectivity index (χ1n) is 7.86. The highest BCUT2D eigenvalue weighted by atomic mass is 19.4. The molecule has 0 radical (unpaired) electrons. The highest BCUT2D eigenvalue weighted by Gasteiger charge is 2.37. The molecule has 0 spiro atoms. The van der Waals surface area contributed by atoms with Gasteiger partial charge in [0.15, 0.2) is 0 Å². The monoisotopic (exact) mass is 339 g/mol. The average molecular weight is 339 g/mol. The number of hydrogen-bond donors (Lipinski definition) is 1. The van der Waals surface area contributed by atoms with Crippen molar-refractivity contribution >= 4 is 0 Å². The fraction of sp³-hybridized carbons (Fsp3) is 0.471. The Morgan fingerprint density at radius 2 is 1.96 bits per heavy atom. The van der Waals surface area contributed by atoms with Gasteiger partial charge in [-0.05, 0) is 30.5 Å². The van der Waals surface area contributed by atoms with Gasteiger partial charge < -0.3 is 5.11 Å². The van der Waals surface area contributed by atoms with Crippen LogP contribution >= 0.6 is 0 Å². The van der Waals surface area contributed by atoms with Crippen molar-refractivity contribution in [3.63, 3.8) is 0 Å². The zero-order valence-electron chi connectivity index (χ0n) is 13.4. The number of piperidine rings is 1. The Morgan fingerprint density at radius 3 is 2.54 bits per heavy atom. The minimum absolute atomic E-state index is 0.346. The summed E-state index contributed by atoms with van der Waals surface area (Å²) in [5.41, 5.74) is -0.487. The van der Waals surface area contributed by atoms with E-state index in [1.54, 1.807) is 16.9 Å². The summed E-state index contributed by atoms with van der Waals surface area (Å²) in [6, 6.07) is 5.03. The lowest BCUT2D eigenvalue weighted by molar-refractivity contribution is -0.137. The zero-order chi connectivity index (χ0) is 17.4.